The van der Waals surface area contributed by atoms with Crippen LogP contribution in [0.25, 0.3) is 0 Å². The molecule has 21 heavy (non-hydrogen) atoms. The normalized spacial score (nSPS) is 15.3. The highest BCUT2D eigenvalue weighted by Crippen LogP contribution is 2.35. The van der Waals surface area contributed by atoms with Crippen LogP contribution in [-0.2, 0) is 6.18 Å². The molecule has 2 rings (SSSR count). The quantitative estimate of drug-likeness (QED) is 0.909. The molecule has 0 aromatic carbocycles. The Hall–Kier alpha value is -1.79. The molecular weight excluding hydrogens is 283 g/mol. The number of amides is 1. The zero-order valence-corrected chi connectivity index (χ0v) is 11.9. The van der Waals surface area contributed by atoms with Crippen LogP contribution in [0.3, 0.4) is 0 Å². The van der Waals surface area contributed by atoms with Gasteiger partial charge < -0.3 is 10.6 Å². The lowest BCUT2D eigenvalue weighted by Crippen LogP contribution is -2.33. The van der Waals surface area contributed by atoms with E-state index in [1.54, 1.807) is 4.90 Å². The summed E-state index contributed by atoms with van der Waals surface area (Å²) in [5.41, 5.74) is 4.31. The van der Waals surface area contributed by atoms with Crippen LogP contribution in [0.15, 0.2) is 12.1 Å². The molecule has 1 amide bonds. The van der Waals surface area contributed by atoms with E-state index in [0.29, 0.717) is 6.54 Å². The Bertz CT molecular complexity index is 539. The minimum Gasteiger partial charge on any atom is -0.365 e. The number of rotatable bonds is 5. The van der Waals surface area contributed by atoms with Crippen molar-refractivity contribution in [1.82, 2.24) is 4.98 Å². The summed E-state index contributed by atoms with van der Waals surface area (Å²) < 4.78 is 38.5. The third-order valence-corrected chi connectivity index (χ3v) is 3.25. The molecular formula is C14H18F3N3O. The zero-order valence-electron chi connectivity index (χ0n) is 11.9. The first-order valence-electron chi connectivity index (χ1n) is 6.85. The van der Waals surface area contributed by atoms with E-state index in [4.69, 9.17) is 5.73 Å². The van der Waals surface area contributed by atoms with Crippen LogP contribution in [0.5, 0.6) is 0 Å². The molecule has 1 saturated carbocycles. The van der Waals surface area contributed by atoms with Crippen LogP contribution in [0, 0.1) is 5.92 Å². The third kappa shape index (κ3) is 3.65. The van der Waals surface area contributed by atoms with Gasteiger partial charge >= 0.3 is 6.18 Å². The zero-order chi connectivity index (χ0) is 15.8. The maximum atomic E-state index is 12.8. The SMILES string of the molecule is CC(C)CN(c1nc(C(F)(F)F)ccc1C(N)=O)C1CC1. The van der Waals surface area contributed by atoms with E-state index < -0.39 is 17.8 Å². The van der Waals surface area contributed by atoms with Crippen molar-refractivity contribution in [2.45, 2.75) is 38.9 Å². The molecule has 1 heterocycles. The van der Waals surface area contributed by atoms with Gasteiger partial charge in [-0.15, -0.1) is 0 Å². The summed E-state index contributed by atoms with van der Waals surface area (Å²) >= 11 is 0. The monoisotopic (exact) mass is 301 g/mol. The van der Waals surface area contributed by atoms with Crippen LogP contribution in [0.4, 0.5) is 19.0 Å². The fourth-order valence-corrected chi connectivity index (χ4v) is 2.21. The van der Waals surface area contributed by atoms with Gasteiger partial charge in [0.15, 0.2) is 0 Å². The maximum absolute atomic E-state index is 12.8. The third-order valence-electron chi connectivity index (χ3n) is 3.25. The van der Waals surface area contributed by atoms with Crippen LogP contribution in [0.1, 0.15) is 42.7 Å². The lowest BCUT2D eigenvalue weighted by molar-refractivity contribution is -0.141. The Morgan fingerprint density at radius 1 is 1.43 bits per heavy atom. The predicted molar refractivity (Wildman–Crippen MR) is 73.0 cm³/mol. The highest BCUT2D eigenvalue weighted by molar-refractivity contribution is 5.97. The van der Waals surface area contributed by atoms with Crippen molar-refractivity contribution >= 4 is 11.7 Å². The fourth-order valence-electron chi connectivity index (χ4n) is 2.21. The number of hydrogen-bond donors (Lipinski definition) is 1. The van der Waals surface area contributed by atoms with Gasteiger partial charge in [-0.2, -0.15) is 13.2 Å². The van der Waals surface area contributed by atoms with Crippen molar-refractivity contribution in [2.75, 3.05) is 11.4 Å². The van der Waals surface area contributed by atoms with Gasteiger partial charge in [0.1, 0.15) is 11.5 Å². The molecule has 2 N–H and O–H groups in total. The molecule has 1 aromatic heterocycles. The topological polar surface area (TPSA) is 59.2 Å². The molecule has 0 bridgehead atoms. The lowest BCUT2D eigenvalue weighted by atomic mass is 10.1. The number of hydrogen-bond acceptors (Lipinski definition) is 3. The highest BCUT2D eigenvalue weighted by Gasteiger charge is 2.37. The van der Waals surface area contributed by atoms with E-state index in [2.05, 4.69) is 4.98 Å². The molecule has 1 aromatic rings. The van der Waals surface area contributed by atoms with Crippen LogP contribution < -0.4 is 10.6 Å². The number of halogens is 3. The van der Waals surface area contributed by atoms with E-state index in [0.717, 1.165) is 25.0 Å². The van der Waals surface area contributed by atoms with Gasteiger partial charge in [-0.3, -0.25) is 4.79 Å². The van der Waals surface area contributed by atoms with Gasteiger partial charge in [0.05, 0.1) is 5.56 Å². The minimum atomic E-state index is -4.54. The molecule has 0 aliphatic heterocycles. The summed E-state index contributed by atoms with van der Waals surface area (Å²) in [6, 6.07) is 2.05. The van der Waals surface area contributed by atoms with Gasteiger partial charge in [-0.1, -0.05) is 13.8 Å². The Labute approximate surface area is 121 Å². The standard InChI is InChI=1S/C14H18F3N3O/c1-8(2)7-20(9-3-4-9)13-10(12(18)21)5-6-11(19-13)14(15,16)17/h5-6,8-9H,3-4,7H2,1-2H3,(H2,18,21). The molecule has 0 spiro atoms. The molecule has 116 valence electrons. The van der Waals surface area contributed by atoms with E-state index in [1.807, 2.05) is 13.8 Å². The summed E-state index contributed by atoms with van der Waals surface area (Å²) in [5, 5.41) is 0. The van der Waals surface area contributed by atoms with Gasteiger partial charge in [-0.25, -0.2) is 4.98 Å². The molecule has 0 radical (unpaired) electrons. The smallest absolute Gasteiger partial charge is 0.365 e. The lowest BCUT2D eigenvalue weighted by Gasteiger charge is -2.27. The van der Waals surface area contributed by atoms with Gasteiger partial charge in [0, 0.05) is 12.6 Å². The van der Waals surface area contributed by atoms with E-state index in [-0.39, 0.29) is 23.3 Å². The second-order valence-electron chi connectivity index (χ2n) is 5.71. The highest BCUT2D eigenvalue weighted by atomic mass is 19.4. The van der Waals surface area contributed by atoms with Crippen molar-refractivity contribution in [3.63, 3.8) is 0 Å². The largest absolute Gasteiger partial charge is 0.433 e. The summed E-state index contributed by atoms with van der Waals surface area (Å²) in [4.78, 5) is 16.9. The number of anilines is 1. The van der Waals surface area contributed by atoms with Crippen molar-refractivity contribution < 1.29 is 18.0 Å². The molecule has 0 unspecified atom stereocenters. The number of alkyl halides is 3. The summed E-state index contributed by atoms with van der Waals surface area (Å²) in [5.74, 6) is -0.475. The van der Waals surface area contributed by atoms with Crippen LogP contribution in [0.2, 0.25) is 0 Å². The Balaban J connectivity index is 2.48. The average molecular weight is 301 g/mol. The molecule has 1 aliphatic carbocycles. The Morgan fingerprint density at radius 2 is 2.05 bits per heavy atom. The van der Waals surface area contributed by atoms with E-state index >= 15 is 0 Å². The molecule has 0 atom stereocenters. The number of primary amides is 1. The van der Waals surface area contributed by atoms with Gasteiger partial charge in [0.25, 0.3) is 5.91 Å². The average Bonchev–Trinajstić information content (AvgIpc) is 3.18. The molecule has 7 heteroatoms. The summed E-state index contributed by atoms with van der Waals surface area (Å²) in [6.07, 6.45) is -2.76. The van der Waals surface area contributed by atoms with Crippen LogP contribution in [-0.4, -0.2) is 23.5 Å². The number of nitrogens with zero attached hydrogens (tertiary/aromatic N) is 2. The second kappa shape index (κ2) is 5.54. The summed E-state index contributed by atoms with van der Waals surface area (Å²) in [6.45, 7) is 4.47. The number of carbonyl (C=O) groups is 1. The fraction of sp³-hybridized carbons (Fsp3) is 0.571. The number of nitrogens with two attached hydrogens (primary N) is 1. The second-order valence-corrected chi connectivity index (χ2v) is 5.71. The van der Waals surface area contributed by atoms with Crippen molar-refractivity contribution in [3.05, 3.63) is 23.4 Å². The predicted octanol–water partition coefficient (Wildman–Crippen LogP) is 2.82. The molecule has 1 aliphatic rings. The number of aromatic nitrogens is 1. The number of carbonyl (C=O) groups excluding carboxylic acids is 1. The van der Waals surface area contributed by atoms with Gasteiger partial charge in [0.2, 0.25) is 0 Å². The van der Waals surface area contributed by atoms with E-state index in [9.17, 15) is 18.0 Å². The van der Waals surface area contributed by atoms with E-state index in [1.165, 1.54) is 0 Å². The molecule has 1 fully saturated rings. The molecule has 0 saturated heterocycles. The van der Waals surface area contributed by atoms with Crippen LogP contribution >= 0.6 is 0 Å². The van der Waals surface area contributed by atoms with Crippen molar-refractivity contribution in [3.8, 4) is 0 Å². The van der Waals surface area contributed by atoms with Crippen molar-refractivity contribution in [2.24, 2.45) is 11.7 Å². The minimum absolute atomic E-state index is 0.0375. The first-order valence-corrected chi connectivity index (χ1v) is 6.85. The number of pyridine rings is 1. The summed E-state index contributed by atoms with van der Waals surface area (Å²) in [7, 11) is 0. The first-order chi connectivity index (χ1) is 9.70. The van der Waals surface area contributed by atoms with Crippen molar-refractivity contribution in [1.29, 1.82) is 0 Å². The Kier molecular flexibility index (Phi) is 4.11. The first kappa shape index (κ1) is 15.6. The Morgan fingerprint density at radius 3 is 2.48 bits per heavy atom. The molecule has 4 nitrogen and oxygen atoms in total. The maximum Gasteiger partial charge on any atom is 0.433 e. The van der Waals surface area contributed by atoms with Gasteiger partial charge in [-0.05, 0) is 30.9 Å².